The number of halogens is 2. The topological polar surface area (TPSA) is 72.0 Å². The van der Waals surface area contributed by atoms with E-state index in [0.29, 0.717) is 27.7 Å². The monoisotopic (exact) mass is 465 g/mol. The molecule has 0 aliphatic carbocycles. The number of rotatable bonds is 6. The Bertz CT molecular complexity index is 1160. The first-order chi connectivity index (χ1) is 14.6. The largest absolute Gasteiger partial charge is 0.496 e. The third kappa shape index (κ3) is 4.55. The van der Waals surface area contributed by atoms with Crippen LogP contribution < -0.4 is 15.4 Å². The Labute approximate surface area is 181 Å². The number of nitrogens with zero attached hydrogens (tertiary/aromatic N) is 3. The number of pyridine rings is 1. The number of aromatic nitrogens is 3. The average Bonchev–Trinajstić information content (AvgIpc) is 2.78. The van der Waals surface area contributed by atoms with E-state index in [1.807, 2.05) is 30.3 Å². The van der Waals surface area contributed by atoms with Crippen LogP contribution in [0.4, 0.5) is 27.5 Å². The van der Waals surface area contributed by atoms with E-state index >= 15 is 0 Å². The summed E-state index contributed by atoms with van der Waals surface area (Å²) in [7, 11) is 1.63. The zero-order chi connectivity index (χ0) is 20.9. The summed E-state index contributed by atoms with van der Waals surface area (Å²) < 4.78 is 19.4. The molecule has 4 rings (SSSR count). The van der Waals surface area contributed by atoms with Crippen molar-refractivity contribution in [3.63, 3.8) is 0 Å². The lowest BCUT2D eigenvalue weighted by atomic mass is 10.1. The second-order valence-electron chi connectivity index (χ2n) is 6.30. The smallest absolute Gasteiger partial charge is 0.229 e. The van der Waals surface area contributed by atoms with Crippen LogP contribution in [0.2, 0.25) is 0 Å². The van der Waals surface area contributed by atoms with Crippen LogP contribution in [0, 0.1) is 5.82 Å². The van der Waals surface area contributed by atoms with Gasteiger partial charge in [0.1, 0.15) is 17.4 Å². The second kappa shape index (κ2) is 8.87. The third-order valence-electron chi connectivity index (χ3n) is 4.30. The van der Waals surface area contributed by atoms with E-state index in [0.717, 1.165) is 16.8 Å². The number of hydrogen-bond donors (Lipinski definition) is 2. The van der Waals surface area contributed by atoms with E-state index in [1.54, 1.807) is 37.8 Å². The minimum atomic E-state index is -0.297. The van der Waals surface area contributed by atoms with Crippen molar-refractivity contribution >= 4 is 39.1 Å². The zero-order valence-electron chi connectivity index (χ0n) is 15.9. The van der Waals surface area contributed by atoms with Gasteiger partial charge in [-0.05, 0) is 70.0 Å². The summed E-state index contributed by atoms with van der Waals surface area (Å²) in [6.45, 7) is 0. The Balaban J connectivity index is 1.57. The second-order valence-corrected chi connectivity index (χ2v) is 7.15. The molecule has 30 heavy (non-hydrogen) atoms. The van der Waals surface area contributed by atoms with Crippen molar-refractivity contribution in [3.8, 4) is 16.9 Å². The highest BCUT2D eigenvalue weighted by Gasteiger charge is 2.10. The van der Waals surface area contributed by atoms with Gasteiger partial charge in [0.15, 0.2) is 0 Å². The molecule has 8 heteroatoms. The predicted molar refractivity (Wildman–Crippen MR) is 119 cm³/mol. The molecule has 0 saturated carbocycles. The Morgan fingerprint density at radius 2 is 1.67 bits per heavy atom. The fourth-order valence-corrected chi connectivity index (χ4v) is 3.14. The van der Waals surface area contributed by atoms with Crippen LogP contribution in [0.15, 0.2) is 77.7 Å². The van der Waals surface area contributed by atoms with Crippen LogP contribution in [0.3, 0.4) is 0 Å². The van der Waals surface area contributed by atoms with Crippen molar-refractivity contribution in [2.75, 3.05) is 17.7 Å². The van der Waals surface area contributed by atoms with E-state index in [4.69, 9.17) is 4.74 Å². The Morgan fingerprint density at radius 3 is 2.40 bits per heavy atom. The fourth-order valence-electron chi connectivity index (χ4n) is 2.85. The first-order valence-corrected chi connectivity index (χ1v) is 9.82. The molecule has 2 aromatic carbocycles. The third-order valence-corrected chi connectivity index (χ3v) is 4.88. The number of benzene rings is 2. The van der Waals surface area contributed by atoms with Crippen molar-refractivity contribution in [3.05, 3.63) is 83.5 Å². The molecule has 0 spiro atoms. The van der Waals surface area contributed by atoms with Gasteiger partial charge in [-0.25, -0.2) is 9.37 Å². The highest BCUT2D eigenvalue weighted by Crippen LogP contribution is 2.33. The molecule has 2 heterocycles. The molecule has 2 aromatic heterocycles. The standard InChI is InChI=1S/C22H17BrFN5O/c1-30-20-12-17(6-7-18(20)14-8-10-25-11-9-14)28-22-26-13-19(23)21(29-22)27-16-4-2-15(24)3-5-16/h2-13H,1H3,(H2,26,27,28,29). The number of anilines is 4. The van der Waals surface area contributed by atoms with Crippen LogP contribution in [0.1, 0.15) is 0 Å². The molecular formula is C22H17BrFN5O. The summed E-state index contributed by atoms with van der Waals surface area (Å²) in [6, 6.07) is 15.7. The zero-order valence-corrected chi connectivity index (χ0v) is 17.5. The van der Waals surface area contributed by atoms with Crippen LogP contribution in [-0.4, -0.2) is 22.1 Å². The summed E-state index contributed by atoms with van der Waals surface area (Å²) in [6.07, 6.45) is 5.13. The number of methoxy groups -OCH3 is 1. The van der Waals surface area contributed by atoms with Crippen molar-refractivity contribution in [2.45, 2.75) is 0 Å². The molecule has 0 radical (unpaired) electrons. The van der Waals surface area contributed by atoms with Crippen molar-refractivity contribution < 1.29 is 9.13 Å². The van der Waals surface area contributed by atoms with E-state index in [1.165, 1.54) is 12.1 Å². The molecule has 0 aliphatic heterocycles. The van der Waals surface area contributed by atoms with Gasteiger partial charge in [0, 0.05) is 41.6 Å². The van der Waals surface area contributed by atoms with Gasteiger partial charge < -0.3 is 15.4 Å². The number of ether oxygens (including phenoxy) is 1. The number of nitrogens with one attached hydrogen (secondary N) is 2. The summed E-state index contributed by atoms with van der Waals surface area (Å²) in [5.41, 5.74) is 3.46. The van der Waals surface area contributed by atoms with Gasteiger partial charge >= 0.3 is 0 Å². The molecule has 0 bridgehead atoms. The molecule has 150 valence electrons. The SMILES string of the molecule is COc1cc(Nc2ncc(Br)c(Nc3ccc(F)cc3)n2)ccc1-c1ccncc1. The van der Waals surface area contributed by atoms with E-state index in [9.17, 15) is 4.39 Å². The Hall–Kier alpha value is -3.52. The molecule has 2 N–H and O–H groups in total. The summed E-state index contributed by atoms with van der Waals surface area (Å²) in [5.74, 6) is 1.38. The molecular weight excluding hydrogens is 449 g/mol. The predicted octanol–water partition coefficient (Wildman–Crippen LogP) is 5.94. The highest BCUT2D eigenvalue weighted by atomic mass is 79.9. The molecule has 6 nitrogen and oxygen atoms in total. The lowest BCUT2D eigenvalue weighted by Crippen LogP contribution is -2.02. The van der Waals surface area contributed by atoms with Crippen molar-refractivity contribution in [1.29, 1.82) is 0 Å². The fraction of sp³-hybridized carbons (Fsp3) is 0.0455. The van der Waals surface area contributed by atoms with Crippen molar-refractivity contribution in [2.24, 2.45) is 0 Å². The van der Waals surface area contributed by atoms with Crippen LogP contribution in [-0.2, 0) is 0 Å². The van der Waals surface area contributed by atoms with Gasteiger partial charge in [-0.1, -0.05) is 0 Å². The van der Waals surface area contributed by atoms with Gasteiger partial charge in [0.05, 0.1) is 11.6 Å². The average molecular weight is 466 g/mol. The normalized spacial score (nSPS) is 10.5. The molecule has 0 amide bonds. The Morgan fingerprint density at radius 1 is 0.933 bits per heavy atom. The summed E-state index contributed by atoms with van der Waals surface area (Å²) >= 11 is 3.43. The molecule has 0 unspecified atom stereocenters. The first-order valence-electron chi connectivity index (χ1n) is 9.03. The summed E-state index contributed by atoms with van der Waals surface area (Å²) in [5, 5.41) is 6.33. The van der Waals surface area contributed by atoms with Crippen LogP contribution in [0.25, 0.3) is 11.1 Å². The van der Waals surface area contributed by atoms with Gasteiger partial charge in [0.2, 0.25) is 5.95 Å². The highest BCUT2D eigenvalue weighted by molar-refractivity contribution is 9.10. The van der Waals surface area contributed by atoms with E-state index < -0.39 is 0 Å². The molecule has 0 saturated heterocycles. The van der Waals surface area contributed by atoms with Gasteiger partial charge in [-0.3, -0.25) is 4.98 Å². The maximum atomic E-state index is 13.1. The van der Waals surface area contributed by atoms with Crippen molar-refractivity contribution in [1.82, 2.24) is 15.0 Å². The first kappa shape index (κ1) is 19.8. The Kier molecular flexibility index (Phi) is 5.85. The lowest BCUT2D eigenvalue weighted by Gasteiger charge is -2.13. The quantitative estimate of drug-likeness (QED) is 0.367. The number of hydrogen-bond acceptors (Lipinski definition) is 6. The maximum absolute atomic E-state index is 13.1. The molecule has 4 aromatic rings. The summed E-state index contributed by atoms with van der Waals surface area (Å²) in [4.78, 5) is 12.9. The lowest BCUT2D eigenvalue weighted by molar-refractivity contribution is 0.416. The van der Waals surface area contributed by atoms with E-state index in [-0.39, 0.29) is 5.82 Å². The van der Waals surface area contributed by atoms with Crippen LogP contribution in [0.5, 0.6) is 5.75 Å². The van der Waals surface area contributed by atoms with Gasteiger partial charge in [-0.2, -0.15) is 4.98 Å². The molecule has 0 atom stereocenters. The maximum Gasteiger partial charge on any atom is 0.229 e. The van der Waals surface area contributed by atoms with Gasteiger partial charge in [0.25, 0.3) is 0 Å². The van der Waals surface area contributed by atoms with E-state index in [2.05, 4.69) is 41.5 Å². The minimum Gasteiger partial charge on any atom is -0.496 e. The van der Waals surface area contributed by atoms with Gasteiger partial charge in [-0.15, -0.1) is 0 Å². The van der Waals surface area contributed by atoms with Crippen LogP contribution >= 0.6 is 15.9 Å². The molecule has 0 fully saturated rings. The molecule has 0 aliphatic rings. The minimum absolute atomic E-state index is 0.297.